The van der Waals surface area contributed by atoms with Crippen LogP contribution in [0.1, 0.15) is 33.1 Å². The summed E-state index contributed by atoms with van der Waals surface area (Å²) in [6.45, 7) is 8.95. The highest BCUT2D eigenvalue weighted by molar-refractivity contribution is 6.26. The summed E-state index contributed by atoms with van der Waals surface area (Å²) in [4.78, 5) is 0. The molecule has 0 aromatic carbocycles. The fourth-order valence-electron chi connectivity index (χ4n) is 2.80. The SMILES string of the molecule is COC1CCC(C(C)(C)C(O[SiH2]C)O[SiH2]C)C1. The van der Waals surface area contributed by atoms with Gasteiger partial charge in [0, 0.05) is 12.5 Å². The van der Waals surface area contributed by atoms with Gasteiger partial charge >= 0.3 is 0 Å². The van der Waals surface area contributed by atoms with Crippen molar-refractivity contribution in [1.82, 2.24) is 0 Å². The van der Waals surface area contributed by atoms with Crippen molar-refractivity contribution in [3.63, 3.8) is 0 Å². The predicted molar refractivity (Wildman–Crippen MR) is 76.7 cm³/mol. The van der Waals surface area contributed by atoms with E-state index in [0.29, 0.717) is 12.0 Å². The molecule has 0 spiro atoms. The number of methoxy groups -OCH3 is 1. The summed E-state index contributed by atoms with van der Waals surface area (Å²) in [5.41, 5.74) is 0.124. The summed E-state index contributed by atoms with van der Waals surface area (Å²) in [6.07, 6.45) is 4.05. The first kappa shape index (κ1) is 15.4. The molecule has 0 N–H and O–H groups in total. The summed E-state index contributed by atoms with van der Waals surface area (Å²) in [5, 5.41) is 0. The van der Waals surface area contributed by atoms with Gasteiger partial charge in [-0.1, -0.05) is 26.9 Å². The number of ether oxygens (including phenoxy) is 1. The van der Waals surface area contributed by atoms with Crippen molar-refractivity contribution in [2.24, 2.45) is 11.3 Å². The Morgan fingerprint density at radius 3 is 2.12 bits per heavy atom. The fraction of sp³-hybridized carbons (Fsp3) is 1.00. The first-order valence-corrected chi connectivity index (χ1v) is 10.8. The van der Waals surface area contributed by atoms with Gasteiger partial charge in [-0.3, -0.25) is 0 Å². The Balaban J connectivity index is 2.63. The summed E-state index contributed by atoms with van der Waals surface area (Å²) < 4.78 is 17.4. The van der Waals surface area contributed by atoms with Crippen LogP contribution in [-0.2, 0) is 13.6 Å². The van der Waals surface area contributed by atoms with Gasteiger partial charge in [0.15, 0.2) is 19.5 Å². The van der Waals surface area contributed by atoms with Gasteiger partial charge in [0.2, 0.25) is 0 Å². The van der Waals surface area contributed by atoms with Gasteiger partial charge in [0.05, 0.1) is 6.10 Å². The van der Waals surface area contributed by atoms with Crippen molar-refractivity contribution >= 4 is 19.5 Å². The van der Waals surface area contributed by atoms with E-state index in [1.807, 2.05) is 7.11 Å². The minimum absolute atomic E-state index is 0.0245. The van der Waals surface area contributed by atoms with E-state index in [0.717, 1.165) is 6.42 Å². The zero-order valence-corrected chi connectivity index (χ0v) is 14.8. The molecule has 0 heterocycles. The van der Waals surface area contributed by atoms with Gasteiger partial charge < -0.3 is 13.6 Å². The summed E-state index contributed by atoms with van der Waals surface area (Å²) in [5.74, 6) is 0.665. The first-order valence-electron chi connectivity index (χ1n) is 6.82. The minimum Gasteiger partial charge on any atom is -0.400 e. The van der Waals surface area contributed by atoms with Crippen LogP contribution in [0.25, 0.3) is 0 Å². The average Bonchev–Trinajstić information content (AvgIpc) is 2.78. The molecule has 0 saturated heterocycles. The smallest absolute Gasteiger partial charge is 0.161 e. The minimum atomic E-state index is -0.413. The predicted octanol–water partition coefficient (Wildman–Crippen LogP) is 1.45. The third kappa shape index (κ3) is 3.89. The van der Waals surface area contributed by atoms with Crippen LogP contribution in [0.3, 0.4) is 0 Å². The lowest BCUT2D eigenvalue weighted by Crippen LogP contribution is -2.41. The standard InChI is InChI=1S/C12H28O3Si2/c1-12(2,11(14-16-4)15-17-5)9-6-7-10(8-9)13-3/h9-11H,6-8,16-17H2,1-5H3. The largest absolute Gasteiger partial charge is 0.400 e. The molecule has 1 aliphatic carbocycles. The Hall–Kier alpha value is 0.314. The third-order valence-electron chi connectivity index (χ3n) is 4.01. The Bertz CT molecular complexity index is 218. The second-order valence-corrected chi connectivity index (χ2v) is 7.25. The summed E-state index contributed by atoms with van der Waals surface area (Å²) >= 11 is 0. The quantitative estimate of drug-likeness (QED) is 0.520. The maximum atomic E-state index is 5.94. The molecular weight excluding hydrogens is 248 g/mol. The molecule has 0 aromatic rings. The van der Waals surface area contributed by atoms with Gasteiger partial charge in [0.25, 0.3) is 0 Å². The van der Waals surface area contributed by atoms with Crippen molar-refractivity contribution in [1.29, 1.82) is 0 Å². The first-order chi connectivity index (χ1) is 8.06. The lowest BCUT2D eigenvalue weighted by atomic mass is 9.77. The molecule has 2 unspecified atom stereocenters. The Labute approximate surface area is 110 Å². The maximum Gasteiger partial charge on any atom is 0.161 e. The molecule has 1 fully saturated rings. The van der Waals surface area contributed by atoms with Crippen molar-refractivity contribution in [2.45, 2.75) is 58.6 Å². The summed E-state index contributed by atoms with van der Waals surface area (Å²) in [6, 6.07) is 0. The molecule has 0 radical (unpaired) electrons. The van der Waals surface area contributed by atoms with E-state index in [9.17, 15) is 0 Å². The van der Waals surface area contributed by atoms with Gasteiger partial charge in [-0.15, -0.1) is 0 Å². The van der Waals surface area contributed by atoms with Crippen molar-refractivity contribution in [3.05, 3.63) is 0 Å². The van der Waals surface area contributed by atoms with Crippen LogP contribution < -0.4 is 0 Å². The van der Waals surface area contributed by atoms with E-state index in [1.165, 1.54) is 12.8 Å². The molecule has 1 saturated carbocycles. The van der Waals surface area contributed by atoms with Crippen LogP contribution in [0.15, 0.2) is 0 Å². The van der Waals surface area contributed by atoms with E-state index in [2.05, 4.69) is 26.9 Å². The maximum absolute atomic E-state index is 5.94. The highest BCUT2D eigenvalue weighted by Crippen LogP contribution is 2.43. The van der Waals surface area contributed by atoms with E-state index < -0.39 is 19.5 Å². The van der Waals surface area contributed by atoms with Crippen molar-refractivity contribution in [3.8, 4) is 0 Å². The van der Waals surface area contributed by atoms with Crippen LogP contribution in [-0.4, -0.2) is 39.0 Å². The van der Waals surface area contributed by atoms with E-state index in [-0.39, 0.29) is 11.7 Å². The van der Waals surface area contributed by atoms with E-state index in [4.69, 9.17) is 13.6 Å². The molecule has 1 rings (SSSR count). The zero-order chi connectivity index (χ0) is 12.9. The highest BCUT2D eigenvalue weighted by Gasteiger charge is 2.42. The van der Waals surface area contributed by atoms with Crippen LogP contribution in [0.4, 0.5) is 0 Å². The number of hydrogen-bond donors (Lipinski definition) is 0. The molecule has 0 bridgehead atoms. The Morgan fingerprint density at radius 2 is 1.71 bits per heavy atom. The zero-order valence-electron chi connectivity index (χ0n) is 12.0. The van der Waals surface area contributed by atoms with E-state index in [1.54, 1.807) is 0 Å². The van der Waals surface area contributed by atoms with Crippen molar-refractivity contribution in [2.75, 3.05) is 7.11 Å². The third-order valence-corrected chi connectivity index (χ3v) is 5.29. The van der Waals surface area contributed by atoms with Crippen LogP contribution >= 0.6 is 0 Å². The van der Waals surface area contributed by atoms with Gasteiger partial charge in [-0.05, 0) is 25.2 Å². The fourth-order valence-corrected chi connectivity index (χ4v) is 4.65. The highest BCUT2D eigenvalue weighted by atomic mass is 28.2. The average molecular weight is 277 g/mol. The molecule has 102 valence electrons. The summed E-state index contributed by atoms with van der Waals surface area (Å²) in [7, 11) is 0.996. The van der Waals surface area contributed by atoms with Crippen LogP contribution in [0, 0.1) is 11.3 Å². The lowest BCUT2D eigenvalue weighted by Gasteiger charge is -2.39. The molecular formula is C12H28O3Si2. The molecule has 5 heteroatoms. The molecule has 17 heavy (non-hydrogen) atoms. The molecule has 2 atom stereocenters. The topological polar surface area (TPSA) is 27.7 Å². The van der Waals surface area contributed by atoms with E-state index >= 15 is 0 Å². The van der Waals surface area contributed by atoms with Gasteiger partial charge in [0.1, 0.15) is 6.29 Å². The molecule has 3 nitrogen and oxygen atoms in total. The van der Waals surface area contributed by atoms with Crippen LogP contribution in [0.5, 0.6) is 0 Å². The molecule has 0 amide bonds. The Morgan fingerprint density at radius 1 is 1.12 bits per heavy atom. The lowest BCUT2D eigenvalue weighted by molar-refractivity contribution is -0.105. The number of hydrogen-bond acceptors (Lipinski definition) is 3. The molecule has 0 aliphatic heterocycles. The Kier molecular flexibility index (Phi) is 6.36. The number of rotatable bonds is 7. The monoisotopic (exact) mass is 276 g/mol. The van der Waals surface area contributed by atoms with Crippen molar-refractivity contribution < 1.29 is 13.6 Å². The van der Waals surface area contributed by atoms with Crippen LogP contribution in [0.2, 0.25) is 13.1 Å². The normalized spacial score (nSPS) is 28.8. The molecule has 0 aromatic heterocycles. The van der Waals surface area contributed by atoms with Gasteiger partial charge in [-0.25, -0.2) is 0 Å². The van der Waals surface area contributed by atoms with Gasteiger partial charge in [-0.2, -0.15) is 0 Å². The second kappa shape index (κ2) is 7.04. The second-order valence-electron chi connectivity index (χ2n) is 5.43. The molecule has 1 aliphatic rings.